The molecule has 0 radical (unpaired) electrons. The third kappa shape index (κ3) is 2.49. The highest BCUT2D eigenvalue weighted by Crippen LogP contribution is 2.26. The SMILES string of the molecule is CNc1c(C)cc(C(OC)OC)cc1C. The van der Waals surface area contributed by atoms with Crippen molar-refractivity contribution in [1.82, 2.24) is 0 Å². The molecule has 0 amide bonds. The van der Waals surface area contributed by atoms with Crippen molar-refractivity contribution in [2.24, 2.45) is 0 Å². The van der Waals surface area contributed by atoms with Gasteiger partial charge in [-0.25, -0.2) is 0 Å². The van der Waals surface area contributed by atoms with E-state index in [-0.39, 0.29) is 6.29 Å². The second kappa shape index (κ2) is 5.14. The Kier molecular flexibility index (Phi) is 4.12. The molecule has 0 atom stereocenters. The Bertz CT molecular complexity index is 309. The third-order valence-electron chi connectivity index (χ3n) is 2.51. The summed E-state index contributed by atoms with van der Waals surface area (Å²) in [6.07, 6.45) is -0.284. The molecule has 0 bridgehead atoms. The van der Waals surface area contributed by atoms with Crippen LogP contribution in [0.5, 0.6) is 0 Å². The molecule has 84 valence electrons. The Morgan fingerprint density at radius 1 is 1.07 bits per heavy atom. The predicted octanol–water partition coefficient (Wildman–Crippen LogP) is 2.64. The van der Waals surface area contributed by atoms with E-state index in [9.17, 15) is 0 Å². The highest BCUT2D eigenvalue weighted by Gasteiger charge is 2.11. The first kappa shape index (κ1) is 12.0. The Morgan fingerprint density at radius 3 is 1.87 bits per heavy atom. The van der Waals surface area contributed by atoms with Gasteiger partial charge < -0.3 is 14.8 Å². The maximum absolute atomic E-state index is 5.23. The number of ether oxygens (including phenoxy) is 2. The molecule has 0 unspecified atom stereocenters. The van der Waals surface area contributed by atoms with E-state index in [1.807, 2.05) is 7.05 Å². The monoisotopic (exact) mass is 209 g/mol. The molecule has 0 aromatic heterocycles. The van der Waals surface area contributed by atoms with Crippen LogP contribution in [-0.4, -0.2) is 21.3 Å². The van der Waals surface area contributed by atoms with Crippen molar-refractivity contribution in [2.45, 2.75) is 20.1 Å². The zero-order chi connectivity index (χ0) is 11.4. The van der Waals surface area contributed by atoms with Gasteiger partial charge in [-0.3, -0.25) is 0 Å². The molecule has 0 aliphatic rings. The molecule has 0 spiro atoms. The van der Waals surface area contributed by atoms with E-state index < -0.39 is 0 Å². The van der Waals surface area contributed by atoms with Crippen LogP contribution in [0.15, 0.2) is 12.1 Å². The van der Waals surface area contributed by atoms with Crippen molar-refractivity contribution in [1.29, 1.82) is 0 Å². The van der Waals surface area contributed by atoms with Gasteiger partial charge in [0, 0.05) is 32.5 Å². The molecule has 1 N–H and O–H groups in total. The van der Waals surface area contributed by atoms with Crippen LogP contribution >= 0.6 is 0 Å². The second-order valence-electron chi connectivity index (χ2n) is 3.58. The highest BCUT2D eigenvalue weighted by molar-refractivity contribution is 5.57. The number of anilines is 1. The van der Waals surface area contributed by atoms with Crippen LogP contribution in [-0.2, 0) is 9.47 Å². The van der Waals surface area contributed by atoms with E-state index in [4.69, 9.17) is 9.47 Å². The molecule has 0 fully saturated rings. The van der Waals surface area contributed by atoms with E-state index in [0.29, 0.717) is 0 Å². The largest absolute Gasteiger partial charge is 0.388 e. The van der Waals surface area contributed by atoms with Gasteiger partial charge >= 0.3 is 0 Å². The van der Waals surface area contributed by atoms with Gasteiger partial charge in [0.25, 0.3) is 0 Å². The second-order valence-corrected chi connectivity index (χ2v) is 3.58. The molecule has 3 nitrogen and oxygen atoms in total. The number of benzene rings is 1. The number of hydrogen-bond acceptors (Lipinski definition) is 3. The minimum atomic E-state index is -0.284. The van der Waals surface area contributed by atoms with Crippen LogP contribution in [0.25, 0.3) is 0 Å². The minimum Gasteiger partial charge on any atom is -0.388 e. The van der Waals surface area contributed by atoms with Crippen LogP contribution in [0.1, 0.15) is 23.0 Å². The summed E-state index contributed by atoms with van der Waals surface area (Å²) in [6, 6.07) is 4.16. The topological polar surface area (TPSA) is 30.5 Å². The normalized spacial score (nSPS) is 10.8. The first-order chi connectivity index (χ1) is 7.13. The molecule has 1 aromatic carbocycles. The maximum Gasteiger partial charge on any atom is 0.183 e. The summed E-state index contributed by atoms with van der Waals surface area (Å²) in [7, 11) is 5.22. The third-order valence-corrected chi connectivity index (χ3v) is 2.51. The van der Waals surface area contributed by atoms with Crippen molar-refractivity contribution >= 4 is 5.69 Å². The summed E-state index contributed by atoms with van der Waals surface area (Å²) in [5, 5.41) is 3.18. The highest BCUT2D eigenvalue weighted by atomic mass is 16.7. The van der Waals surface area contributed by atoms with Gasteiger partial charge in [-0.05, 0) is 37.1 Å². The number of aryl methyl sites for hydroxylation is 2. The number of methoxy groups -OCH3 is 2. The summed E-state index contributed by atoms with van der Waals surface area (Å²) in [6.45, 7) is 4.15. The number of nitrogens with one attached hydrogen (secondary N) is 1. The van der Waals surface area contributed by atoms with Gasteiger partial charge in [-0.15, -0.1) is 0 Å². The van der Waals surface area contributed by atoms with Crippen LogP contribution < -0.4 is 5.32 Å². The van der Waals surface area contributed by atoms with E-state index in [0.717, 1.165) is 5.56 Å². The summed E-state index contributed by atoms with van der Waals surface area (Å²) in [5.74, 6) is 0. The first-order valence-corrected chi connectivity index (χ1v) is 4.98. The fourth-order valence-corrected chi connectivity index (χ4v) is 1.90. The Labute approximate surface area is 91.4 Å². The van der Waals surface area contributed by atoms with Gasteiger partial charge in [0.15, 0.2) is 6.29 Å². The van der Waals surface area contributed by atoms with Crippen LogP contribution in [0, 0.1) is 13.8 Å². The standard InChI is InChI=1S/C12H19NO2/c1-8-6-10(12(14-4)15-5)7-9(2)11(8)13-3/h6-7,12-13H,1-5H3. The lowest BCUT2D eigenvalue weighted by Crippen LogP contribution is -2.06. The van der Waals surface area contributed by atoms with Gasteiger partial charge in [0.05, 0.1) is 0 Å². The van der Waals surface area contributed by atoms with Crippen molar-refractivity contribution in [3.63, 3.8) is 0 Å². The molecular formula is C12H19NO2. The molecule has 1 aromatic rings. The molecule has 3 heteroatoms. The Hall–Kier alpha value is -1.06. The van der Waals surface area contributed by atoms with Gasteiger partial charge in [0.1, 0.15) is 0 Å². The molecule has 0 aliphatic heterocycles. The molecule has 0 aliphatic carbocycles. The number of hydrogen-bond donors (Lipinski definition) is 1. The van der Waals surface area contributed by atoms with Gasteiger partial charge in [-0.1, -0.05) is 0 Å². The first-order valence-electron chi connectivity index (χ1n) is 4.98. The molecule has 0 saturated heterocycles. The van der Waals surface area contributed by atoms with Crippen molar-refractivity contribution in [3.8, 4) is 0 Å². The smallest absolute Gasteiger partial charge is 0.183 e. The minimum absolute atomic E-state index is 0.284. The zero-order valence-corrected chi connectivity index (χ0v) is 10.0. The molecule has 0 heterocycles. The lowest BCUT2D eigenvalue weighted by atomic mass is 10.0. The van der Waals surface area contributed by atoms with E-state index in [1.54, 1.807) is 14.2 Å². The van der Waals surface area contributed by atoms with Crippen molar-refractivity contribution in [2.75, 3.05) is 26.6 Å². The van der Waals surface area contributed by atoms with Crippen LogP contribution in [0.4, 0.5) is 5.69 Å². The summed E-state index contributed by atoms with van der Waals surface area (Å²) < 4.78 is 10.5. The van der Waals surface area contributed by atoms with Crippen molar-refractivity contribution < 1.29 is 9.47 Å². The zero-order valence-electron chi connectivity index (χ0n) is 10.0. The van der Waals surface area contributed by atoms with Crippen molar-refractivity contribution in [3.05, 3.63) is 28.8 Å². The number of rotatable bonds is 4. The lowest BCUT2D eigenvalue weighted by molar-refractivity contribution is -0.106. The summed E-state index contributed by atoms with van der Waals surface area (Å²) >= 11 is 0. The van der Waals surface area contributed by atoms with E-state index in [1.165, 1.54) is 16.8 Å². The quantitative estimate of drug-likeness (QED) is 0.773. The molecule has 15 heavy (non-hydrogen) atoms. The van der Waals surface area contributed by atoms with Gasteiger partial charge in [0.2, 0.25) is 0 Å². The predicted molar refractivity (Wildman–Crippen MR) is 62.2 cm³/mol. The average molecular weight is 209 g/mol. The Balaban J connectivity index is 3.12. The molecular weight excluding hydrogens is 190 g/mol. The van der Waals surface area contributed by atoms with E-state index in [2.05, 4.69) is 31.3 Å². The molecule has 0 saturated carbocycles. The lowest BCUT2D eigenvalue weighted by Gasteiger charge is -2.17. The fourth-order valence-electron chi connectivity index (χ4n) is 1.90. The summed E-state index contributed by atoms with van der Waals surface area (Å²) in [4.78, 5) is 0. The maximum atomic E-state index is 5.23. The van der Waals surface area contributed by atoms with Crippen LogP contribution in [0.3, 0.4) is 0 Å². The van der Waals surface area contributed by atoms with Gasteiger partial charge in [-0.2, -0.15) is 0 Å². The average Bonchev–Trinajstić information content (AvgIpc) is 2.19. The fraction of sp³-hybridized carbons (Fsp3) is 0.500. The van der Waals surface area contributed by atoms with Crippen LogP contribution in [0.2, 0.25) is 0 Å². The summed E-state index contributed by atoms with van der Waals surface area (Å²) in [5.41, 5.74) is 4.62. The Morgan fingerprint density at radius 2 is 1.53 bits per heavy atom. The van der Waals surface area contributed by atoms with E-state index >= 15 is 0 Å². The molecule has 1 rings (SSSR count).